The van der Waals surface area contributed by atoms with E-state index in [4.69, 9.17) is 10.00 Å². The van der Waals surface area contributed by atoms with E-state index in [1.165, 1.54) is 5.56 Å². The first-order valence-electron chi connectivity index (χ1n) is 7.17. The minimum absolute atomic E-state index is 0.118. The van der Waals surface area contributed by atoms with E-state index in [-0.39, 0.29) is 12.3 Å². The molecule has 0 saturated carbocycles. The van der Waals surface area contributed by atoms with Crippen molar-refractivity contribution in [3.8, 4) is 11.8 Å². The number of hydrogen-bond donors (Lipinski definition) is 1. The molecule has 0 heterocycles. The maximum Gasteiger partial charge on any atom is 0.234 e. The third-order valence-corrected chi connectivity index (χ3v) is 3.13. The topological polar surface area (TPSA) is 62.1 Å². The minimum atomic E-state index is -0.266. The maximum atomic E-state index is 11.3. The molecular weight excluding hydrogens is 276 g/mol. The lowest BCUT2D eigenvalue weighted by molar-refractivity contribution is -0.120. The van der Waals surface area contributed by atoms with Gasteiger partial charge in [-0.05, 0) is 23.3 Å². The molecule has 0 aliphatic carbocycles. The van der Waals surface area contributed by atoms with Crippen LogP contribution in [0.5, 0.6) is 5.75 Å². The van der Waals surface area contributed by atoms with Crippen LogP contribution in [0.15, 0.2) is 54.6 Å². The highest BCUT2D eigenvalue weighted by Gasteiger charge is 2.01. The zero-order valence-electron chi connectivity index (χ0n) is 12.3. The summed E-state index contributed by atoms with van der Waals surface area (Å²) >= 11 is 0. The van der Waals surface area contributed by atoms with E-state index in [1.54, 1.807) is 0 Å². The molecule has 0 spiro atoms. The molecule has 2 aromatic carbocycles. The van der Waals surface area contributed by atoms with Crippen LogP contribution < -0.4 is 10.1 Å². The first-order chi connectivity index (χ1) is 10.8. The van der Waals surface area contributed by atoms with Gasteiger partial charge in [0.15, 0.2) is 0 Å². The van der Waals surface area contributed by atoms with Gasteiger partial charge in [-0.1, -0.05) is 42.5 Å². The monoisotopic (exact) mass is 294 g/mol. The van der Waals surface area contributed by atoms with Crippen molar-refractivity contribution in [3.63, 3.8) is 0 Å². The number of nitrogens with zero attached hydrogens (tertiary/aromatic N) is 1. The maximum absolute atomic E-state index is 11.3. The standard InChI is InChI=1S/C18H18N2O2/c19-11-9-18(21)20-14-16-7-4-8-17(13-16)22-12-10-15-5-2-1-3-6-15/h1-8,13H,9-10,12,14H2,(H,20,21). The summed E-state index contributed by atoms with van der Waals surface area (Å²) in [6, 6.07) is 19.6. The quantitative estimate of drug-likeness (QED) is 0.854. The van der Waals surface area contributed by atoms with Crippen molar-refractivity contribution in [1.82, 2.24) is 5.32 Å². The predicted molar refractivity (Wildman–Crippen MR) is 84.2 cm³/mol. The molecule has 4 nitrogen and oxygen atoms in total. The van der Waals surface area contributed by atoms with E-state index in [0.717, 1.165) is 17.7 Å². The smallest absolute Gasteiger partial charge is 0.234 e. The van der Waals surface area contributed by atoms with Gasteiger partial charge in [0.05, 0.1) is 12.7 Å². The van der Waals surface area contributed by atoms with Gasteiger partial charge >= 0.3 is 0 Å². The van der Waals surface area contributed by atoms with Gasteiger partial charge in [-0.15, -0.1) is 0 Å². The first-order valence-corrected chi connectivity index (χ1v) is 7.17. The fourth-order valence-electron chi connectivity index (χ4n) is 2.01. The molecule has 2 aromatic rings. The van der Waals surface area contributed by atoms with Crippen LogP contribution >= 0.6 is 0 Å². The molecule has 0 aliphatic heterocycles. The molecule has 1 N–H and O–H groups in total. The highest BCUT2D eigenvalue weighted by Crippen LogP contribution is 2.14. The van der Waals surface area contributed by atoms with Gasteiger partial charge in [-0.2, -0.15) is 5.26 Å². The highest BCUT2D eigenvalue weighted by molar-refractivity contribution is 5.77. The lowest BCUT2D eigenvalue weighted by Gasteiger charge is -2.09. The van der Waals surface area contributed by atoms with Gasteiger partial charge in [-0.3, -0.25) is 4.79 Å². The first kappa shape index (κ1) is 15.6. The minimum Gasteiger partial charge on any atom is -0.493 e. The summed E-state index contributed by atoms with van der Waals surface area (Å²) in [5.41, 5.74) is 2.19. The molecule has 0 fully saturated rings. The molecular formula is C18H18N2O2. The number of nitriles is 1. The Morgan fingerprint density at radius 1 is 1.09 bits per heavy atom. The zero-order chi connectivity index (χ0) is 15.6. The Morgan fingerprint density at radius 3 is 2.64 bits per heavy atom. The second-order valence-electron chi connectivity index (χ2n) is 4.84. The largest absolute Gasteiger partial charge is 0.493 e. The van der Waals surface area contributed by atoms with Crippen LogP contribution in [0.25, 0.3) is 0 Å². The van der Waals surface area contributed by atoms with Crippen molar-refractivity contribution < 1.29 is 9.53 Å². The summed E-state index contributed by atoms with van der Waals surface area (Å²) < 4.78 is 5.74. The number of ether oxygens (including phenoxy) is 1. The molecule has 0 atom stereocenters. The molecule has 2 rings (SSSR count). The van der Waals surface area contributed by atoms with Gasteiger partial charge in [0.2, 0.25) is 5.91 Å². The van der Waals surface area contributed by atoms with Crippen LogP contribution in [-0.4, -0.2) is 12.5 Å². The van der Waals surface area contributed by atoms with E-state index in [9.17, 15) is 4.79 Å². The van der Waals surface area contributed by atoms with Crippen LogP contribution in [0.4, 0.5) is 0 Å². The lowest BCUT2D eigenvalue weighted by atomic mass is 10.2. The fraction of sp³-hybridized carbons (Fsp3) is 0.222. The Balaban J connectivity index is 1.81. The summed E-state index contributed by atoms with van der Waals surface area (Å²) in [6.45, 7) is 1.00. The Labute approximate surface area is 130 Å². The van der Waals surface area contributed by atoms with E-state index in [0.29, 0.717) is 13.2 Å². The van der Waals surface area contributed by atoms with Gasteiger partial charge in [0.25, 0.3) is 0 Å². The second kappa shape index (κ2) is 8.48. The number of hydrogen-bond acceptors (Lipinski definition) is 3. The number of carbonyl (C=O) groups is 1. The average molecular weight is 294 g/mol. The molecule has 0 radical (unpaired) electrons. The van der Waals surface area contributed by atoms with Crippen LogP contribution in [0, 0.1) is 11.3 Å². The van der Waals surface area contributed by atoms with Gasteiger partial charge in [0.1, 0.15) is 12.2 Å². The lowest BCUT2D eigenvalue weighted by Crippen LogP contribution is -2.21. The van der Waals surface area contributed by atoms with Gasteiger partial charge in [-0.25, -0.2) is 0 Å². The van der Waals surface area contributed by atoms with E-state index < -0.39 is 0 Å². The third-order valence-electron chi connectivity index (χ3n) is 3.13. The van der Waals surface area contributed by atoms with E-state index in [1.807, 2.05) is 48.5 Å². The van der Waals surface area contributed by atoms with Crippen molar-refractivity contribution in [2.75, 3.05) is 6.61 Å². The van der Waals surface area contributed by atoms with Gasteiger partial charge in [0, 0.05) is 13.0 Å². The van der Waals surface area contributed by atoms with Crippen LogP contribution in [0.2, 0.25) is 0 Å². The van der Waals surface area contributed by atoms with Crippen molar-refractivity contribution in [2.45, 2.75) is 19.4 Å². The highest BCUT2D eigenvalue weighted by atomic mass is 16.5. The Bertz CT molecular complexity index is 648. The van der Waals surface area contributed by atoms with Crippen molar-refractivity contribution >= 4 is 5.91 Å². The predicted octanol–water partition coefficient (Wildman–Crippen LogP) is 2.84. The Kier molecular flexibility index (Phi) is 6.01. The summed E-state index contributed by atoms with van der Waals surface area (Å²) in [5.74, 6) is 0.515. The molecule has 22 heavy (non-hydrogen) atoms. The fourth-order valence-corrected chi connectivity index (χ4v) is 2.01. The molecule has 0 aliphatic rings. The summed E-state index contributed by atoms with van der Waals surface area (Å²) in [4.78, 5) is 11.3. The van der Waals surface area contributed by atoms with E-state index in [2.05, 4.69) is 17.4 Å². The Hall–Kier alpha value is -2.80. The Morgan fingerprint density at radius 2 is 1.86 bits per heavy atom. The molecule has 0 aromatic heterocycles. The zero-order valence-corrected chi connectivity index (χ0v) is 12.3. The van der Waals surface area contributed by atoms with Crippen LogP contribution in [0.1, 0.15) is 17.5 Å². The summed E-state index contributed by atoms with van der Waals surface area (Å²) in [5, 5.41) is 11.1. The third kappa shape index (κ3) is 5.29. The molecule has 112 valence electrons. The molecule has 4 heteroatoms. The van der Waals surface area contributed by atoms with E-state index >= 15 is 0 Å². The molecule has 0 bridgehead atoms. The second-order valence-corrected chi connectivity index (χ2v) is 4.84. The SMILES string of the molecule is N#CCC(=O)NCc1cccc(OCCc2ccccc2)c1. The van der Waals surface area contributed by atoms with Gasteiger partial charge < -0.3 is 10.1 Å². The number of carbonyl (C=O) groups excluding carboxylic acids is 1. The van der Waals surface area contributed by atoms with Crippen molar-refractivity contribution in [3.05, 3.63) is 65.7 Å². The summed E-state index contributed by atoms with van der Waals surface area (Å²) in [6.07, 6.45) is 0.733. The van der Waals surface area contributed by atoms with Crippen LogP contribution in [-0.2, 0) is 17.8 Å². The average Bonchev–Trinajstić information content (AvgIpc) is 2.55. The normalized spacial score (nSPS) is 9.77. The number of rotatable bonds is 7. The molecule has 1 amide bonds. The number of amides is 1. The number of nitrogens with one attached hydrogen (secondary N) is 1. The molecule has 0 unspecified atom stereocenters. The molecule has 0 saturated heterocycles. The van der Waals surface area contributed by atoms with Crippen LogP contribution in [0.3, 0.4) is 0 Å². The van der Waals surface area contributed by atoms with Crippen molar-refractivity contribution in [1.29, 1.82) is 5.26 Å². The van der Waals surface area contributed by atoms with Crippen molar-refractivity contribution in [2.24, 2.45) is 0 Å². The summed E-state index contributed by atoms with van der Waals surface area (Å²) in [7, 11) is 0. The number of benzene rings is 2.